The topological polar surface area (TPSA) is 71.3 Å². The molecule has 0 saturated carbocycles. The molecule has 1 aromatic heterocycles. The molecule has 2 aromatic carbocycles. The van der Waals surface area contributed by atoms with Gasteiger partial charge in [0, 0.05) is 23.6 Å². The molecule has 3 aromatic rings. The van der Waals surface area contributed by atoms with Gasteiger partial charge >= 0.3 is 0 Å². The highest BCUT2D eigenvalue weighted by atomic mass is 19.1. The second-order valence-electron chi connectivity index (χ2n) is 5.15. The van der Waals surface area contributed by atoms with E-state index in [4.69, 9.17) is 0 Å². The largest absolute Gasteiger partial charge is 0.425 e. The summed E-state index contributed by atoms with van der Waals surface area (Å²) in [5.74, 6) is -2.29. The van der Waals surface area contributed by atoms with Crippen molar-refractivity contribution >= 4 is 16.8 Å². The first kappa shape index (κ1) is 15.7. The number of nitrogens with zero attached hydrogens (tertiary/aromatic N) is 1. The van der Waals surface area contributed by atoms with Gasteiger partial charge in [-0.3, -0.25) is 9.59 Å². The third-order valence-corrected chi connectivity index (χ3v) is 3.59. The maximum atomic E-state index is 13.6. The van der Waals surface area contributed by atoms with Crippen LogP contribution in [0.1, 0.15) is 15.9 Å². The van der Waals surface area contributed by atoms with E-state index >= 15 is 0 Å². The van der Waals surface area contributed by atoms with Crippen LogP contribution >= 0.6 is 0 Å². The van der Waals surface area contributed by atoms with Crippen LogP contribution in [0.5, 0.6) is 0 Å². The Morgan fingerprint density at radius 3 is 2.62 bits per heavy atom. The van der Waals surface area contributed by atoms with E-state index in [2.05, 4.69) is 5.32 Å². The molecule has 0 spiro atoms. The van der Waals surface area contributed by atoms with Gasteiger partial charge in [0.2, 0.25) is 0 Å². The third kappa shape index (κ3) is 2.83. The second-order valence-corrected chi connectivity index (χ2v) is 5.15. The van der Waals surface area contributed by atoms with Crippen LogP contribution in [0.15, 0.2) is 53.3 Å². The van der Waals surface area contributed by atoms with Gasteiger partial charge in [-0.05, 0) is 18.2 Å². The zero-order chi connectivity index (χ0) is 17.3. The molecule has 0 saturated heterocycles. The van der Waals surface area contributed by atoms with Crippen molar-refractivity contribution in [2.75, 3.05) is 0 Å². The molecule has 0 aliphatic rings. The Kier molecular flexibility index (Phi) is 3.99. The summed E-state index contributed by atoms with van der Waals surface area (Å²) >= 11 is 0. The van der Waals surface area contributed by atoms with E-state index < -0.39 is 23.1 Å². The van der Waals surface area contributed by atoms with Crippen LogP contribution in [0.25, 0.3) is 10.9 Å². The standard InChI is InChI=1S/C17H12F2N2O3/c18-12-6-5-11(14(19)8-12)9-20-16(22)13-7-10-3-1-2-4-15(10)21(24)17(13)23/h1-8,24H,9H2,(H,20,22). The van der Waals surface area contributed by atoms with Crippen LogP contribution in [-0.4, -0.2) is 15.8 Å². The SMILES string of the molecule is O=C(NCc1ccc(F)cc1F)c1cc2ccccc2n(O)c1=O. The number of halogens is 2. The summed E-state index contributed by atoms with van der Waals surface area (Å²) in [6, 6.07) is 10.8. The first-order chi connectivity index (χ1) is 11.5. The van der Waals surface area contributed by atoms with E-state index in [1.165, 1.54) is 18.2 Å². The molecule has 1 amide bonds. The summed E-state index contributed by atoms with van der Waals surface area (Å²) in [6.45, 7) is -0.220. The van der Waals surface area contributed by atoms with Crippen molar-refractivity contribution in [2.24, 2.45) is 0 Å². The Morgan fingerprint density at radius 1 is 1.12 bits per heavy atom. The highest BCUT2D eigenvalue weighted by Gasteiger charge is 2.15. The van der Waals surface area contributed by atoms with E-state index in [1.807, 2.05) is 0 Å². The maximum absolute atomic E-state index is 13.6. The number of nitrogens with one attached hydrogen (secondary N) is 1. The Bertz CT molecular complexity index is 999. The van der Waals surface area contributed by atoms with Gasteiger partial charge in [-0.25, -0.2) is 8.78 Å². The fraction of sp³-hybridized carbons (Fsp3) is 0.0588. The quantitative estimate of drug-likeness (QED) is 0.725. The smallest absolute Gasteiger partial charge is 0.296 e. The van der Waals surface area contributed by atoms with Gasteiger partial charge in [0.15, 0.2) is 0 Å². The number of benzene rings is 2. The van der Waals surface area contributed by atoms with E-state index in [9.17, 15) is 23.6 Å². The van der Waals surface area contributed by atoms with Crippen molar-refractivity contribution in [1.82, 2.24) is 10.0 Å². The predicted octanol–water partition coefficient (Wildman–Crippen LogP) is 2.45. The summed E-state index contributed by atoms with van der Waals surface area (Å²) in [4.78, 5) is 24.3. The third-order valence-electron chi connectivity index (χ3n) is 3.59. The predicted molar refractivity (Wildman–Crippen MR) is 82.9 cm³/mol. The van der Waals surface area contributed by atoms with Crippen LogP contribution < -0.4 is 10.9 Å². The highest BCUT2D eigenvalue weighted by Crippen LogP contribution is 2.13. The van der Waals surface area contributed by atoms with Gasteiger partial charge in [-0.2, -0.15) is 0 Å². The minimum atomic E-state index is -0.884. The Hall–Kier alpha value is -3.22. The summed E-state index contributed by atoms with van der Waals surface area (Å²) < 4.78 is 26.8. The molecule has 122 valence electrons. The van der Waals surface area contributed by atoms with Gasteiger partial charge < -0.3 is 10.5 Å². The average molecular weight is 330 g/mol. The van der Waals surface area contributed by atoms with E-state index in [-0.39, 0.29) is 23.2 Å². The summed E-state index contributed by atoms with van der Waals surface area (Å²) in [6.07, 6.45) is 0. The first-order valence-corrected chi connectivity index (χ1v) is 7.03. The second kappa shape index (κ2) is 6.11. The van der Waals surface area contributed by atoms with Gasteiger partial charge in [0.1, 0.15) is 17.2 Å². The van der Waals surface area contributed by atoms with Crippen molar-refractivity contribution < 1.29 is 18.8 Å². The molecule has 5 nitrogen and oxygen atoms in total. The lowest BCUT2D eigenvalue weighted by Crippen LogP contribution is -2.32. The summed E-state index contributed by atoms with van der Waals surface area (Å²) in [7, 11) is 0. The van der Waals surface area contributed by atoms with Crippen LogP contribution in [0.3, 0.4) is 0 Å². The molecule has 0 atom stereocenters. The molecule has 0 aliphatic heterocycles. The zero-order valence-electron chi connectivity index (χ0n) is 12.3. The molecule has 0 bridgehead atoms. The van der Waals surface area contributed by atoms with Crippen LogP contribution in [0, 0.1) is 11.6 Å². The molecule has 1 heterocycles. The van der Waals surface area contributed by atoms with Crippen molar-refractivity contribution in [1.29, 1.82) is 0 Å². The lowest BCUT2D eigenvalue weighted by Gasteiger charge is -2.09. The number of pyridine rings is 1. The van der Waals surface area contributed by atoms with Crippen molar-refractivity contribution in [3.63, 3.8) is 0 Å². The number of para-hydroxylation sites is 1. The Balaban J connectivity index is 1.89. The van der Waals surface area contributed by atoms with E-state index in [1.54, 1.807) is 18.2 Å². The number of carbonyl (C=O) groups is 1. The normalized spacial score (nSPS) is 10.8. The number of hydrogen-bond acceptors (Lipinski definition) is 3. The van der Waals surface area contributed by atoms with Crippen molar-refractivity contribution in [3.05, 3.63) is 81.6 Å². The number of aromatic nitrogens is 1. The Morgan fingerprint density at radius 2 is 1.88 bits per heavy atom. The molecular formula is C17H12F2N2O3. The van der Waals surface area contributed by atoms with Crippen molar-refractivity contribution in [2.45, 2.75) is 6.54 Å². The van der Waals surface area contributed by atoms with E-state index in [0.29, 0.717) is 16.2 Å². The van der Waals surface area contributed by atoms with Crippen LogP contribution in [0.4, 0.5) is 8.78 Å². The number of fused-ring (bicyclic) bond motifs is 1. The molecule has 0 aliphatic carbocycles. The van der Waals surface area contributed by atoms with Crippen LogP contribution in [-0.2, 0) is 6.54 Å². The van der Waals surface area contributed by atoms with Crippen LogP contribution in [0.2, 0.25) is 0 Å². The number of carbonyl (C=O) groups excluding carboxylic acids is 1. The lowest BCUT2D eigenvalue weighted by molar-refractivity contribution is 0.0943. The van der Waals surface area contributed by atoms with Crippen molar-refractivity contribution in [3.8, 4) is 0 Å². The average Bonchev–Trinajstić information content (AvgIpc) is 2.57. The lowest BCUT2D eigenvalue weighted by atomic mass is 10.1. The number of amides is 1. The maximum Gasteiger partial charge on any atom is 0.296 e. The zero-order valence-corrected chi connectivity index (χ0v) is 12.3. The van der Waals surface area contributed by atoms with Gasteiger partial charge in [-0.15, -0.1) is 4.73 Å². The van der Waals surface area contributed by atoms with E-state index in [0.717, 1.165) is 6.07 Å². The molecule has 2 N–H and O–H groups in total. The molecule has 0 fully saturated rings. The molecule has 3 rings (SSSR count). The van der Waals surface area contributed by atoms with Gasteiger partial charge in [0.25, 0.3) is 11.5 Å². The molecular weight excluding hydrogens is 318 g/mol. The van der Waals surface area contributed by atoms with Gasteiger partial charge in [0.05, 0.1) is 5.52 Å². The highest BCUT2D eigenvalue weighted by molar-refractivity contribution is 5.97. The number of rotatable bonds is 3. The fourth-order valence-electron chi connectivity index (χ4n) is 2.34. The fourth-order valence-corrected chi connectivity index (χ4v) is 2.34. The molecule has 7 heteroatoms. The monoisotopic (exact) mass is 330 g/mol. The first-order valence-electron chi connectivity index (χ1n) is 7.03. The molecule has 0 radical (unpaired) electrons. The minimum Gasteiger partial charge on any atom is -0.425 e. The summed E-state index contributed by atoms with van der Waals surface area (Å²) in [5.41, 5.74) is -0.817. The summed E-state index contributed by atoms with van der Waals surface area (Å²) in [5, 5.41) is 12.8. The van der Waals surface area contributed by atoms with Gasteiger partial charge in [-0.1, -0.05) is 24.3 Å². The molecule has 0 unspecified atom stereocenters. The number of hydrogen-bond donors (Lipinski definition) is 2. The minimum absolute atomic E-state index is 0.0786. The molecule has 24 heavy (non-hydrogen) atoms. The Labute approximate surface area is 134 Å².